The molecule has 4 aromatic rings. The summed E-state index contributed by atoms with van der Waals surface area (Å²) in [5, 5.41) is 3.07. The Morgan fingerprint density at radius 3 is 2.65 bits per heavy atom. The van der Waals surface area contributed by atoms with Gasteiger partial charge in [0.1, 0.15) is 16.6 Å². The second kappa shape index (κ2) is 5.85. The maximum Gasteiger partial charge on any atom is 0.141 e. The van der Waals surface area contributed by atoms with Crippen molar-refractivity contribution in [3.8, 4) is 22.7 Å². The van der Waals surface area contributed by atoms with Crippen LogP contribution in [-0.2, 0) is 0 Å². The van der Waals surface area contributed by atoms with Gasteiger partial charge in [-0.05, 0) is 19.1 Å². The van der Waals surface area contributed by atoms with E-state index >= 15 is 0 Å². The standard InChI is InChI=1S/C18H15N3OS/c1-13(18-20-9-12-23-18)21-10-8-19-17(21)15-6-3-2-5-14(15)16-7-4-11-22-16/h2-13H,1H3/t13-/m1/s1. The molecule has 1 atom stereocenters. The Hall–Kier alpha value is -2.66. The molecule has 114 valence electrons. The number of furan rings is 1. The van der Waals surface area contributed by atoms with Gasteiger partial charge in [-0.25, -0.2) is 9.97 Å². The highest BCUT2D eigenvalue weighted by Crippen LogP contribution is 2.33. The first kappa shape index (κ1) is 14.0. The second-order valence-corrected chi connectivity index (χ2v) is 6.15. The van der Waals surface area contributed by atoms with Gasteiger partial charge in [0.15, 0.2) is 0 Å². The third kappa shape index (κ3) is 2.49. The van der Waals surface area contributed by atoms with Crippen molar-refractivity contribution < 1.29 is 4.42 Å². The van der Waals surface area contributed by atoms with E-state index in [9.17, 15) is 0 Å². The van der Waals surface area contributed by atoms with Crippen LogP contribution in [0.5, 0.6) is 0 Å². The molecule has 0 aliphatic rings. The van der Waals surface area contributed by atoms with E-state index in [0.29, 0.717) is 0 Å². The van der Waals surface area contributed by atoms with Crippen LogP contribution < -0.4 is 0 Å². The molecule has 0 saturated heterocycles. The molecule has 0 aliphatic carbocycles. The molecule has 0 saturated carbocycles. The minimum absolute atomic E-state index is 0.136. The number of rotatable bonds is 4. The van der Waals surface area contributed by atoms with Crippen molar-refractivity contribution in [1.82, 2.24) is 14.5 Å². The van der Waals surface area contributed by atoms with Crippen LogP contribution in [0, 0.1) is 0 Å². The Labute approximate surface area is 138 Å². The number of hydrogen-bond donors (Lipinski definition) is 0. The van der Waals surface area contributed by atoms with Crippen molar-refractivity contribution >= 4 is 11.3 Å². The maximum atomic E-state index is 5.58. The van der Waals surface area contributed by atoms with E-state index in [4.69, 9.17) is 4.42 Å². The number of benzene rings is 1. The van der Waals surface area contributed by atoms with E-state index in [1.54, 1.807) is 17.6 Å². The zero-order chi connectivity index (χ0) is 15.6. The van der Waals surface area contributed by atoms with Crippen LogP contribution in [0.2, 0.25) is 0 Å². The molecule has 0 fully saturated rings. The van der Waals surface area contributed by atoms with Gasteiger partial charge < -0.3 is 8.98 Å². The molecule has 0 bridgehead atoms. The monoisotopic (exact) mass is 321 g/mol. The predicted octanol–water partition coefficient (Wildman–Crippen LogP) is 4.88. The fourth-order valence-electron chi connectivity index (χ4n) is 2.72. The largest absolute Gasteiger partial charge is 0.464 e. The third-order valence-corrected chi connectivity index (χ3v) is 4.80. The summed E-state index contributed by atoms with van der Waals surface area (Å²) in [5.41, 5.74) is 2.09. The zero-order valence-electron chi connectivity index (χ0n) is 12.6. The predicted molar refractivity (Wildman–Crippen MR) is 91.3 cm³/mol. The summed E-state index contributed by atoms with van der Waals surface area (Å²) in [4.78, 5) is 9.02. The van der Waals surface area contributed by atoms with Crippen molar-refractivity contribution in [2.75, 3.05) is 0 Å². The fraction of sp³-hybridized carbons (Fsp3) is 0.111. The number of imidazole rings is 1. The first-order valence-corrected chi connectivity index (χ1v) is 8.28. The van der Waals surface area contributed by atoms with Crippen LogP contribution in [0.25, 0.3) is 22.7 Å². The molecule has 1 aromatic carbocycles. The normalized spacial score (nSPS) is 12.4. The summed E-state index contributed by atoms with van der Waals surface area (Å²) in [6.45, 7) is 2.14. The molecule has 0 aliphatic heterocycles. The number of aromatic nitrogens is 3. The van der Waals surface area contributed by atoms with E-state index in [-0.39, 0.29) is 6.04 Å². The van der Waals surface area contributed by atoms with Crippen molar-refractivity contribution in [3.63, 3.8) is 0 Å². The quantitative estimate of drug-likeness (QED) is 0.538. The third-order valence-electron chi connectivity index (χ3n) is 3.85. The molecule has 0 unspecified atom stereocenters. The smallest absolute Gasteiger partial charge is 0.141 e. The molecule has 0 spiro atoms. The van der Waals surface area contributed by atoms with Crippen LogP contribution >= 0.6 is 11.3 Å². The topological polar surface area (TPSA) is 43.9 Å². The van der Waals surface area contributed by atoms with Gasteiger partial charge in [0.2, 0.25) is 0 Å². The van der Waals surface area contributed by atoms with Gasteiger partial charge in [0.05, 0.1) is 12.3 Å². The van der Waals surface area contributed by atoms with Gasteiger partial charge in [-0.3, -0.25) is 0 Å². The summed E-state index contributed by atoms with van der Waals surface area (Å²) in [6.07, 6.45) is 7.36. The van der Waals surface area contributed by atoms with Crippen molar-refractivity contribution in [1.29, 1.82) is 0 Å². The van der Waals surface area contributed by atoms with Crippen LogP contribution in [0.1, 0.15) is 18.0 Å². The molecule has 4 nitrogen and oxygen atoms in total. The lowest BCUT2D eigenvalue weighted by atomic mass is 10.0. The molecular weight excluding hydrogens is 306 g/mol. The Kier molecular flexibility index (Phi) is 3.55. The van der Waals surface area contributed by atoms with Crippen LogP contribution in [0.3, 0.4) is 0 Å². The fourth-order valence-corrected chi connectivity index (χ4v) is 3.41. The number of nitrogens with zero attached hydrogens (tertiary/aromatic N) is 3. The summed E-state index contributed by atoms with van der Waals surface area (Å²) < 4.78 is 7.74. The lowest BCUT2D eigenvalue weighted by Gasteiger charge is -2.15. The highest BCUT2D eigenvalue weighted by molar-refractivity contribution is 7.09. The van der Waals surface area contributed by atoms with E-state index in [1.165, 1.54) is 0 Å². The van der Waals surface area contributed by atoms with Gasteiger partial charge >= 0.3 is 0 Å². The van der Waals surface area contributed by atoms with E-state index in [1.807, 2.05) is 48.2 Å². The Morgan fingerprint density at radius 1 is 1.04 bits per heavy atom. The van der Waals surface area contributed by atoms with Crippen LogP contribution in [-0.4, -0.2) is 14.5 Å². The van der Waals surface area contributed by atoms with E-state index < -0.39 is 0 Å². The van der Waals surface area contributed by atoms with Crippen LogP contribution in [0.4, 0.5) is 0 Å². The van der Waals surface area contributed by atoms with Crippen molar-refractivity contribution in [3.05, 3.63) is 71.6 Å². The van der Waals surface area contributed by atoms with Crippen LogP contribution in [0.15, 0.2) is 71.0 Å². The van der Waals surface area contributed by atoms with E-state index in [2.05, 4.69) is 33.6 Å². The van der Waals surface area contributed by atoms with Gasteiger partial charge in [0.25, 0.3) is 0 Å². The van der Waals surface area contributed by atoms with E-state index in [0.717, 1.165) is 27.7 Å². The number of hydrogen-bond acceptors (Lipinski definition) is 4. The Morgan fingerprint density at radius 2 is 1.91 bits per heavy atom. The maximum absolute atomic E-state index is 5.58. The van der Waals surface area contributed by atoms with Gasteiger partial charge in [-0.2, -0.15) is 0 Å². The molecule has 5 heteroatoms. The second-order valence-electron chi connectivity index (χ2n) is 5.23. The highest BCUT2D eigenvalue weighted by atomic mass is 32.1. The summed E-state index contributed by atoms with van der Waals surface area (Å²) in [6, 6.07) is 12.2. The average molecular weight is 321 g/mol. The highest BCUT2D eigenvalue weighted by Gasteiger charge is 2.18. The number of thiazole rings is 1. The summed E-state index contributed by atoms with van der Waals surface area (Å²) in [5.74, 6) is 1.76. The summed E-state index contributed by atoms with van der Waals surface area (Å²) >= 11 is 1.66. The van der Waals surface area contributed by atoms with Gasteiger partial charge in [-0.1, -0.05) is 24.3 Å². The van der Waals surface area contributed by atoms with Gasteiger partial charge in [-0.15, -0.1) is 11.3 Å². The Balaban J connectivity index is 1.83. The van der Waals surface area contributed by atoms with Crippen molar-refractivity contribution in [2.45, 2.75) is 13.0 Å². The molecule has 0 radical (unpaired) electrons. The lowest BCUT2D eigenvalue weighted by Crippen LogP contribution is -2.07. The zero-order valence-corrected chi connectivity index (χ0v) is 13.4. The SMILES string of the molecule is C[C@H](c1nccs1)n1ccnc1-c1ccccc1-c1ccco1. The first-order chi connectivity index (χ1) is 11.3. The first-order valence-electron chi connectivity index (χ1n) is 7.40. The molecule has 0 N–H and O–H groups in total. The Bertz CT molecular complexity index is 894. The average Bonchev–Trinajstić information content (AvgIpc) is 3.36. The lowest BCUT2D eigenvalue weighted by molar-refractivity contribution is 0.582. The molecular formula is C18H15N3OS. The molecule has 0 amide bonds. The molecule has 4 rings (SSSR count). The molecule has 3 aromatic heterocycles. The van der Waals surface area contributed by atoms with Gasteiger partial charge in [0, 0.05) is 35.1 Å². The minimum Gasteiger partial charge on any atom is -0.464 e. The van der Waals surface area contributed by atoms with Crippen molar-refractivity contribution in [2.24, 2.45) is 0 Å². The molecule has 3 heterocycles. The molecule has 23 heavy (non-hydrogen) atoms. The minimum atomic E-state index is 0.136. The summed E-state index contributed by atoms with van der Waals surface area (Å²) in [7, 11) is 0.